The molecular formula is C40H68N2O. The van der Waals surface area contributed by atoms with E-state index in [2.05, 4.69) is 86.9 Å². The molecule has 0 atom stereocenters. The molecule has 3 nitrogen and oxygen atoms in total. The fourth-order valence-electron chi connectivity index (χ4n) is 6.17. The van der Waals surface area contributed by atoms with Crippen molar-refractivity contribution in [3.8, 4) is 0 Å². The number of aryl methyl sites for hydroxylation is 2. The first-order valence-electron chi connectivity index (χ1n) is 18.4. The molecule has 244 valence electrons. The van der Waals surface area contributed by atoms with E-state index in [4.69, 9.17) is 4.74 Å². The van der Waals surface area contributed by atoms with Gasteiger partial charge in [-0.1, -0.05) is 116 Å². The summed E-state index contributed by atoms with van der Waals surface area (Å²) in [4.78, 5) is 0. The summed E-state index contributed by atoms with van der Waals surface area (Å²) in [6, 6.07) is 18.0. The van der Waals surface area contributed by atoms with Gasteiger partial charge in [0.15, 0.2) is 0 Å². The minimum atomic E-state index is 0.881. The summed E-state index contributed by atoms with van der Waals surface area (Å²) >= 11 is 0. The van der Waals surface area contributed by atoms with Gasteiger partial charge in [0.1, 0.15) is 0 Å². The number of unbranched alkanes of at least 4 members (excludes halogenated alkanes) is 6. The molecule has 0 aliphatic carbocycles. The van der Waals surface area contributed by atoms with Crippen molar-refractivity contribution >= 4 is 11.4 Å². The van der Waals surface area contributed by atoms with Crippen LogP contribution in [0.2, 0.25) is 0 Å². The molecule has 2 aromatic rings. The highest BCUT2D eigenvalue weighted by Gasteiger charge is 2.04. The van der Waals surface area contributed by atoms with Gasteiger partial charge in [0.2, 0.25) is 0 Å². The second-order valence-corrected chi connectivity index (χ2v) is 12.8. The number of rotatable bonds is 28. The van der Waals surface area contributed by atoms with Crippen molar-refractivity contribution < 1.29 is 4.74 Å². The molecule has 2 aromatic carbocycles. The van der Waals surface area contributed by atoms with Gasteiger partial charge in [-0.2, -0.15) is 0 Å². The van der Waals surface area contributed by atoms with Crippen molar-refractivity contribution in [1.82, 2.24) is 0 Å². The number of benzene rings is 2. The van der Waals surface area contributed by atoms with Crippen LogP contribution in [0, 0.1) is 11.8 Å². The molecule has 0 bridgehead atoms. The number of hydrogen-bond acceptors (Lipinski definition) is 3. The average Bonchev–Trinajstić information content (AvgIpc) is 3.04. The molecule has 0 unspecified atom stereocenters. The van der Waals surface area contributed by atoms with Crippen molar-refractivity contribution in [1.29, 1.82) is 0 Å². The minimum Gasteiger partial charge on any atom is -0.385 e. The number of ether oxygens (including phenoxy) is 1. The number of anilines is 2. The van der Waals surface area contributed by atoms with E-state index in [1.165, 1.54) is 112 Å². The van der Waals surface area contributed by atoms with E-state index in [1.54, 1.807) is 0 Å². The Morgan fingerprint density at radius 3 is 1.37 bits per heavy atom. The van der Waals surface area contributed by atoms with Crippen LogP contribution in [-0.2, 0) is 17.6 Å². The van der Waals surface area contributed by atoms with Gasteiger partial charge in [-0.15, -0.1) is 0 Å². The molecule has 0 amide bonds. The molecule has 3 heteroatoms. The molecule has 0 aliphatic heterocycles. The first-order chi connectivity index (χ1) is 21.2. The third-order valence-electron chi connectivity index (χ3n) is 9.41. The Labute approximate surface area is 267 Å². The quantitative estimate of drug-likeness (QED) is 0.0964. The standard InChI is InChI=1S/C40H68N2O/c1-5-35(6-2)21-11-9-15-29-41-39-27-19-25-37(33-39)23-13-17-31-43-32-18-14-24-38-26-20-28-40(34-38)42-30-16-10-12-22-36(7-3)8-4/h19-20,25-28,33-36,41-42H,5-18,21-24,29-32H2,1-4H3. The maximum Gasteiger partial charge on any atom is 0.0466 e. The molecular weight excluding hydrogens is 524 g/mol. The van der Waals surface area contributed by atoms with Crippen molar-refractivity contribution in [3.05, 3.63) is 59.7 Å². The fraction of sp³-hybridized carbons (Fsp3) is 0.700. The summed E-state index contributed by atoms with van der Waals surface area (Å²) in [5.74, 6) is 1.86. The van der Waals surface area contributed by atoms with Crippen molar-refractivity contribution in [3.63, 3.8) is 0 Å². The maximum atomic E-state index is 5.96. The molecule has 0 radical (unpaired) electrons. The van der Waals surface area contributed by atoms with Crippen LogP contribution >= 0.6 is 0 Å². The van der Waals surface area contributed by atoms with Gasteiger partial charge in [-0.05, 0) is 98.6 Å². The SMILES string of the molecule is CCC(CC)CCCCCNc1cccc(CCCCOCCCCc2cccc(NCCCCCC(CC)CC)c2)c1. The normalized spacial score (nSPS) is 11.5. The van der Waals surface area contributed by atoms with Gasteiger partial charge < -0.3 is 15.4 Å². The summed E-state index contributed by atoms with van der Waals surface area (Å²) in [5.41, 5.74) is 5.43. The van der Waals surface area contributed by atoms with Crippen LogP contribution in [0.4, 0.5) is 11.4 Å². The van der Waals surface area contributed by atoms with E-state index in [-0.39, 0.29) is 0 Å². The van der Waals surface area contributed by atoms with E-state index in [0.717, 1.165) is 63.8 Å². The van der Waals surface area contributed by atoms with Crippen LogP contribution in [0.25, 0.3) is 0 Å². The Hall–Kier alpha value is -2.00. The first kappa shape index (κ1) is 37.2. The summed E-state index contributed by atoms with van der Waals surface area (Å²) in [7, 11) is 0. The highest BCUT2D eigenvalue weighted by Crippen LogP contribution is 2.19. The molecule has 0 aliphatic rings. The average molecular weight is 593 g/mol. The summed E-state index contributed by atoms with van der Waals surface area (Å²) in [6.45, 7) is 13.2. The van der Waals surface area contributed by atoms with Crippen LogP contribution < -0.4 is 10.6 Å². The fourth-order valence-corrected chi connectivity index (χ4v) is 6.17. The lowest BCUT2D eigenvalue weighted by molar-refractivity contribution is 0.127. The lowest BCUT2D eigenvalue weighted by atomic mass is 9.96. The zero-order valence-electron chi connectivity index (χ0n) is 28.7. The topological polar surface area (TPSA) is 33.3 Å². The zero-order valence-corrected chi connectivity index (χ0v) is 28.7. The third-order valence-corrected chi connectivity index (χ3v) is 9.41. The Balaban J connectivity index is 1.45. The molecule has 0 fully saturated rings. The van der Waals surface area contributed by atoms with Gasteiger partial charge in [0.25, 0.3) is 0 Å². The van der Waals surface area contributed by atoms with Crippen LogP contribution in [0.15, 0.2) is 48.5 Å². The molecule has 0 saturated heterocycles. The Morgan fingerprint density at radius 2 is 0.953 bits per heavy atom. The Kier molecular flexibility index (Phi) is 21.9. The maximum absolute atomic E-state index is 5.96. The van der Waals surface area contributed by atoms with E-state index < -0.39 is 0 Å². The molecule has 0 aromatic heterocycles. The Bertz CT molecular complexity index is 831. The van der Waals surface area contributed by atoms with E-state index in [1.807, 2.05) is 0 Å². The zero-order chi connectivity index (χ0) is 30.8. The largest absolute Gasteiger partial charge is 0.385 e. The Morgan fingerprint density at radius 1 is 0.512 bits per heavy atom. The highest BCUT2D eigenvalue weighted by atomic mass is 16.5. The smallest absolute Gasteiger partial charge is 0.0466 e. The second kappa shape index (κ2) is 25.3. The second-order valence-electron chi connectivity index (χ2n) is 12.8. The molecule has 0 spiro atoms. The molecule has 0 saturated carbocycles. The van der Waals surface area contributed by atoms with Crippen molar-refractivity contribution in [2.24, 2.45) is 11.8 Å². The van der Waals surface area contributed by atoms with E-state index in [9.17, 15) is 0 Å². The van der Waals surface area contributed by atoms with Gasteiger partial charge >= 0.3 is 0 Å². The van der Waals surface area contributed by atoms with Crippen molar-refractivity contribution in [2.75, 3.05) is 36.9 Å². The van der Waals surface area contributed by atoms with Gasteiger partial charge in [-0.3, -0.25) is 0 Å². The van der Waals surface area contributed by atoms with Gasteiger partial charge in [0.05, 0.1) is 0 Å². The predicted molar refractivity (Wildman–Crippen MR) is 192 cm³/mol. The third kappa shape index (κ3) is 18.4. The monoisotopic (exact) mass is 593 g/mol. The molecule has 0 heterocycles. The molecule has 2 rings (SSSR count). The van der Waals surface area contributed by atoms with E-state index in [0.29, 0.717) is 0 Å². The van der Waals surface area contributed by atoms with Crippen LogP contribution in [0.1, 0.15) is 142 Å². The van der Waals surface area contributed by atoms with E-state index >= 15 is 0 Å². The number of hydrogen-bond donors (Lipinski definition) is 2. The van der Waals surface area contributed by atoms with Crippen LogP contribution in [0.3, 0.4) is 0 Å². The van der Waals surface area contributed by atoms with Gasteiger partial charge in [0, 0.05) is 37.7 Å². The van der Waals surface area contributed by atoms with Crippen LogP contribution in [-0.4, -0.2) is 26.3 Å². The summed E-state index contributed by atoms with van der Waals surface area (Å²) in [6.07, 6.45) is 23.0. The minimum absolute atomic E-state index is 0.881. The van der Waals surface area contributed by atoms with Crippen molar-refractivity contribution in [2.45, 2.75) is 143 Å². The lowest BCUT2D eigenvalue weighted by Crippen LogP contribution is -2.03. The lowest BCUT2D eigenvalue weighted by Gasteiger charge is -2.12. The highest BCUT2D eigenvalue weighted by molar-refractivity contribution is 5.46. The first-order valence-corrected chi connectivity index (χ1v) is 18.4. The summed E-state index contributed by atoms with van der Waals surface area (Å²) < 4.78 is 5.96. The molecule has 43 heavy (non-hydrogen) atoms. The number of nitrogens with one attached hydrogen (secondary N) is 2. The molecule has 2 N–H and O–H groups in total. The summed E-state index contributed by atoms with van der Waals surface area (Å²) in [5, 5.41) is 7.28. The predicted octanol–water partition coefficient (Wildman–Crippen LogP) is 11.9. The van der Waals surface area contributed by atoms with Crippen LogP contribution in [0.5, 0.6) is 0 Å². The van der Waals surface area contributed by atoms with Gasteiger partial charge in [-0.25, -0.2) is 0 Å².